The number of benzene rings is 1. The number of aliphatic hydroxyl groups is 1. The van der Waals surface area contributed by atoms with Gasteiger partial charge in [-0.2, -0.15) is 5.26 Å². The standard InChI is InChI=1S/C17H21NO/c1-16(19,9-13-5-4-6-13)17(12-18)10-14-7-2-3-8-15(14)11-17/h2-3,7-8,13,19H,4-6,9-11H2,1H3. The molecule has 3 rings (SSSR count). The van der Waals surface area contributed by atoms with Crippen molar-refractivity contribution in [3.05, 3.63) is 35.4 Å². The van der Waals surface area contributed by atoms with Crippen LogP contribution in [0.2, 0.25) is 0 Å². The van der Waals surface area contributed by atoms with E-state index < -0.39 is 11.0 Å². The van der Waals surface area contributed by atoms with Gasteiger partial charge >= 0.3 is 0 Å². The normalized spacial score (nSPS) is 24.1. The highest BCUT2D eigenvalue weighted by molar-refractivity contribution is 5.39. The van der Waals surface area contributed by atoms with E-state index in [0.717, 1.165) is 6.42 Å². The molecule has 2 nitrogen and oxygen atoms in total. The third-order valence-electron chi connectivity index (χ3n) is 5.26. The van der Waals surface area contributed by atoms with Crippen LogP contribution in [0.25, 0.3) is 0 Å². The molecule has 0 amide bonds. The molecule has 2 aliphatic rings. The molecule has 19 heavy (non-hydrogen) atoms. The Bertz CT molecular complexity index is 497. The van der Waals surface area contributed by atoms with Crippen molar-refractivity contribution >= 4 is 0 Å². The van der Waals surface area contributed by atoms with Crippen LogP contribution < -0.4 is 0 Å². The van der Waals surface area contributed by atoms with E-state index in [4.69, 9.17) is 0 Å². The molecule has 100 valence electrons. The van der Waals surface area contributed by atoms with E-state index in [1.807, 2.05) is 19.1 Å². The number of nitriles is 1. The minimum atomic E-state index is -0.883. The first-order chi connectivity index (χ1) is 9.06. The third-order valence-corrected chi connectivity index (χ3v) is 5.26. The van der Waals surface area contributed by atoms with E-state index in [-0.39, 0.29) is 0 Å². The van der Waals surface area contributed by atoms with Gasteiger partial charge in [-0.15, -0.1) is 0 Å². The maximum atomic E-state index is 10.9. The first kappa shape index (κ1) is 12.7. The lowest BCUT2D eigenvalue weighted by Crippen LogP contribution is -2.48. The lowest BCUT2D eigenvalue weighted by molar-refractivity contribution is -0.0615. The minimum Gasteiger partial charge on any atom is -0.388 e. The highest BCUT2D eigenvalue weighted by Gasteiger charge is 2.52. The number of hydrogen-bond acceptors (Lipinski definition) is 2. The zero-order valence-electron chi connectivity index (χ0n) is 11.5. The first-order valence-corrected chi connectivity index (χ1v) is 7.27. The molecule has 1 unspecified atom stereocenters. The summed E-state index contributed by atoms with van der Waals surface area (Å²) in [6, 6.07) is 10.7. The van der Waals surface area contributed by atoms with Gasteiger partial charge in [0.05, 0.1) is 17.1 Å². The predicted molar refractivity (Wildman–Crippen MR) is 74.5 cm³/mol. The van der Waals surface area contributed by atoms with Crippen LogP contribution in [0, 0.1) is 22.7 Å². The van der Waals surface area contributed by atoms with Crippen molar-refractivity contribution in [3.8, 4) is 6.07 Å². The SMILES string of the molecule is CC(O)(CC1CCC1)C1(C#N)Cc2ccccc2C1. The van der Waals surface area contributed by atoms with Crippen LogP contribution in [-0.2, 0) is 12.8 Å². The molecular formula is C17H21NO. The molecule has 1 atom stereocenters. The number of nitrogens with zero attached hydrogens (tertiary/aromatic N) is 1. The molecule has 0 saturated heterocycles. The zero-order chi connectivity index (χ0) is 13.5. The molecule has 0 bridgehead atoms. The Morgan fingerprint density at radius 2 is 1.89 bits per heavy atom. The van der Waals surface area contributed by atoms with E-state index in [2.05, 4.69) is 18.2 Å². The molecule has 1 aromatic rings. The minimum absolute atomic E-state index is 0.615. The molecule has 2 heteroatoms. The quantitative estimate of drug-likeness (QED) is 0.901. The van der Waals surface area contributed by atoms with Gasteiger partial charge in [-0.3, -0.25) is 0 Å². The third kappa shape index (κ3) is 1.97. The fraction of sp³-hybridized carbons (Fsp3) is 0.588. The van der Waals surface area contributed by atoms with E-state index in [1.54, 1.807) is 0 Å². The van der Waals surface area contributed by atoms with Crippen LogP contribution in [0.1, 0.15) is 43.7 Å². The van der Waals surface area contributed by atoms with Gasteiger partial charge in [0.1, 0.15) is 0 Å². The summed E-state index contributed by atoms with van der Waals surface area (Å²) in [7, 11) is 0. The molecule has 1 fully saturated rings. The van der Waals surface area contributed by atoms with Crippen molar-refractivity contribution in [1.29, 1.82) is 5.26 Å². The maximum Gasteiger partial charge on any atom is 0.0937 e. The van der Waals surface area contributed by atoms with E-state index in [0.29, 0.717) is 18.8 Å². The van der Waals surface area contributed by atoms with Crippen molar-refractivity contribution in [2.45, 2.75) is 51.0 Å². The molecule has 2 aliphatic carbocycles. The van der Waals surface area contributed by atoms with Crippen LogP contribution in [0.3, 0.4) is 0 Å². The topological polar surface area (TPSA) is 44.0 Å². The summed E-state index contributed by atoms with van der Waals surface area (Å²) in [5.74, 6) is 0.615. The summed E-state index contributed by atoms with van der Waals surface area (Å²) in [4.78, 5) is 0. The molecule has 0 spiro atoms. The first-order valence-electron chi connectivity index (χ1n) is 7.27. The van der Waals surface area contributed by atoms with Crippen LogP contribution in [0.5, 0.6) is 0 Å². The zero-order valence-corrected chi connectivity index (χ0v) is 11.5. The Kier molecular flexibility index (Phi) is 2.91. The fourth-order valence-electron chi connectivity index (χ4n) is 3.65. The Balaban J connectivity index is 1.87. The van der Waals surface area contributed by atoms with Crippen LogP contribution in [-0.4, -0.2) is 10.7 Å². The average Bonchev–Trinajstić information content (AvgIpc) is 2.74. The predicted octanol–water partition coefficient (Wildman–Crippen LogP) is 3.24. The average molecular weight is 255 g/mol. The molecule has 1 N–H and O–H groups in total. The molecule has 0 aliphatic heterocycles. The Morgan fingerprint density at radius 3 is 2.32 bits per heavy atom. The Hall–Kier alpha value is -1.33. The highest BCUT2D eigenvalue weighted by Crippen LogP contribution is 2.48. The van der Waals surface area contributed by atoms with Gasteiger partial charge in [0.25, 0.3) is 0 Å². The van der Waals surface area contributed by atoms with E-state index in [1.165, 1.54) is 30.4 Å². The van der Waals surface area contributed by atoms with Gasteiger partial charge in [0.15, 0.2) is 0 Å². The van der Waals surface area contributed by atoms with Crippen molar-refractivity contribution in [2.24, 2.45) is 11.3 Å². The second-order valence-electron chi connectivity index (χ2n) is 6.59. The molecule has 0 radical (unpaired) electrons. The number of hydrogen-bond donors (Lipinski definition) is 1. The second kappa shape index (κ2) is 4.35. The number of rotatable bonds is 3. The summed E-state index contributed by atoms with van der Waals surface area (Å²) in [6.45, 7) is 1.88. The van der Waals surface area contributed by atoms with Crippen LogP contribution in [0.4, 0.5) is 0 Å². The summed E-state index contributed by atoms with van der Waals surface area (Å²) in [5.41, 5.74) is 0.953. The van der Waals surface area contributed by atoms with Gasteiger partial charge in [-0.1, -0.05) is 43.5 Å². The summed E-state index contributed by atoms with van der Waals surface area (Å²) < 4.78 is 0. The molecule has 0 aromatic heterocycles. The van der Waals surface area contributed by atoms with Crippen molar-refractivity contribution in [2.75, 3.05) is 0 Å². The lowest BCUT2D eigenvalue weighted by Gasteiger charge is -2.42. The Labute approximate surface area is 115 Å². The molecule has 0 heterocycles. The van der Waals surface area contributed by atoms with Gasteiger partial charge in [-0.05, 0) is 43.2 Å². The van der Waals surface area contributed by atoms with E-state index >= 15 is 0 Å². The van der Waals surface area contributed by atoms with Gasteiger partial charge in [-0.25, -0.2) is 0 Å². The monoisotopic (exact) mass is 255 g/mol. The molecule has 1 saturated carbocycles. The van der Waals surface area contributed by atoms with Crippen molar-refractivity contribution < 1.29 is 5.11 Å². The fourth-order valence-corrected chi connectivity index (χ4v) is 3.65. The lowest BCUT2D eigenvalue weighted by atomic mass is 9.65. The summed E-state index contributed by atoms with van der Waals surface area (Å²) in [6.07, 6.45) is 5.86. The highest BCUT2D eigenvalue weighted by atomic mass is 16.3. The Morgan fingerprint density at radius 1 is 1.32 bits per heavy atom. The summed E-state index contributed by atoms with van der Waals surface area (Å²) in [5, 5.41) is 20.7. The van der Waals surface area contributed by atoms with Crippen molar-refractivity contribution in [3.63, 3.8) is 0 Å². The van der Waals surface area contributed by atoms with Gasteiger partial charge in [0.2, 0.25) is 0 Å². The van der Waals surface area contributed by atoms with Crippen molar-refractivity contribution in [1.82, 2.24) is 0 Å². The van der Waals surface area contributed by atoms with E-state index in [9.17, 15) is 10.4 Å². The van der Waals surface area contributed by atoms with Crippen LogP contribution >= 0.6 is 0 Å². The largest absolute Gasteiger partial charge is 0.388 e. The van der Waals surface area contributed by atoms with Crippen LogP contribution in [0.15, 0.2) is 24.3 Å². The molecule has 1 aromatic carbocycles. The summed E-state index contributed by atoms with van der Waals surface area (Å²) >= 11 is 0. The smallest absolute Gasteiger partial charge is 0.0937 e. The van der Waals surface area contributed by atoms with Gasteiger partial charge < -0.3 is 5.11 Å². The van der Waals surface area contributed by atoms with Gasteiger partial charge in [0, 0.05) is 0 Å². The number of fused-ring (bicyclic) bond motifs is 1. The molecular weight excluding hydrogens is 234 g/mol. The second-order valence-corrected chi connectivity index (χ2v) is 6.59. The maximum absolute atomic E-state index is 10.9.